The Kier molecular flexibility index (Phi) is 6.60. The highest BCUT2D eigenvalue weighted by molar-refractivity contribution is 7.89. The van der Waals surface area contributed by atoms with Crippen molar-refractivity contribution in [1.82, 2.24) is 4.72 Å². The maximum Gasteiger partial charge on any atom is 0.241 e. The lowest BCUT2D eigenvalue weighted by Crippen LogP contribution is -2.46. The van der Waals surface area contributed by atoms with Crippen LogP contribution in [0.3, 0.4) is 0 Å². The van der Waals surface area contributed by atoms with Crippen LogP contribution in [0.5, 0.6) is 5.75 Å². The van der Waals surface area contributed by atoms with Crippen molar-refractivity contribution < 1.29 is 23.0 Å². The standard InChI is InChI=1S/C14H23NO5S/c1-14(2,11-19-3)15-21(17,18)13-7-5-12(6-8-13)20-10-4-9-16/h5-8,15-16H,4,9-11H2,1-3H3. The summed E-state index contributed by atoms with van der Waals surface area (Å²) >= 11 is 0. The van der Waals surface area contributed by atoms with Crippen molar-refractivity contribution in [3.05, 3.63) is 24.3 Å². The van der Waals surface area contributed by atoms with Crippen LogP contribution in [0.4, 0.5) is 0 Å². The van der Waals surface area contributed by atoms with Gasteiger partial charge in [-0.2, -0.15) is 0 Å². The molecule has 0 atom stereocenters. The smallest absolute Gasteiger partial charge is 0.241 e. The lowest BCUT2D eigenvalue weighted by molar-refractivity contribution is 0.141. The van der Waals surface area contributed by atoms with Gasteiger partial charge in [0.25, 0.3) is 0 Å². The fourth-order valence-electron chi connectivity index (χ4n) is 1.78. The second-order valence-electron chi connectivity index (χ2n) is 5.32. The molecule has 1 aromatic rings. The van der Waals surface area contributed by atoms with Gasteiger partial charge in [-0.3, -0.25) is 0 Å². The van der Waals surface area contributed by atoms with Crippen LogP contribution in [0.15, 0.2) is 29.2 Å². The quantitative estimate of drug-likeness (QED) is 0.667. The number of aliphatic hydroxyl groups excluding tert-OH is 1. The molecule has 0 saturated carbocycles. The minimum atomic E-state index is -3.61. The maximum absolute atomic E-state index is 12.3. The third-order valence-corrected chi connectivity index (χ3v) is 4.34. The number of nitrogens with one attached hydrogen (secondary N) is 1. The number of sulfonamides is 1. The third-order valence-electron chi connectivity index (χ3n) is 2.62. The molecule has 21 heavy (non-hydrogen) atoms. The summed E-state index contributed by atoms with van der Waals surface area (Å²) in [4.78, 5) is 0.168. The van der Waals surface area contributed by atoms with Crippen LogP contribution in [-0.2, 0) is 14.8 Å². The van der Waals surface area contributed by atoms with E-state index in [1.807, 2.05) is 0 Å². The second-order valence-corrected chi connectivity index (χ2v) is 7.00. The molecule has 0 radical (unpaired) electrons. The molecule has 0 aliphatic rings. The molecule has 6 nitrogen and oxygen atoms in total. The van der Waals surface area contributed by atoms with Crippen LogP contribution in [0.2, 0.25) is 0 Å². The van der Waals surface area contributed by atoms with E-state index in [1.165, 1.54) is 19.2 Å². The number of aliphatic hydroxyl groups is 1. The van der Waals surface area contributed by atoms with Gasteiger partial charge in [-0.05, 0) is 38.1 Å². The van der Waals surface area contributed by atoms with Gasteiger partial charge in [-0.15, -0.1) is 0 Å². The fraction of sp³-hybridized carbons (Fsp3) is 0.571. The van der Waals surface area contributed by atoms with E-state index in [4.69, 9.17) is 14.6 Å². The summed E-state index contributed by atoms with van der Waals surface area (Å²) in [5.41, 5.74) is -0.691. The van der Waals surface area contributed by atoms with E-state index >= 15 is 0 Å². The van der Waals surface area contributed by atoms with E-state index in [9.17, 15) is 8.42 Å². The monoisotopic (exact) mass is 317 g/mol. The number of hydrogen-bond acceptors (Lipinski definition) is 5. The Bertz CT molecular complexity index is 525. The van der Waals surface area contributed by atoms with E-state index in [-0.39, 0.29) is 18.1 Å². The maximum atomic E-state index is 12.3. The first-order valence-electron chi connectivity index (χ1n) is 6.67. The van der Waals surface area contributed by atoms with Crippen LogP contribution >= 0.6 is 0 Å². The largest absolute Gasteiger partial charge is 0.494 e. The molecule has 0 aliphatic carbocycles. The van der Waals surface area contributed by atoms with Crippen molar-refractivity contribution in [2.75, 3.05) is 26.9 Å². The Morgan fingerprint density at radius 2 is 1.86 bits per heavy atom. The topological polar surface area (TPSA) is 84.9 Å². The minimum absolute atomic E-state index is 0.0605. The van der Waals surface area contributed by atoms with Crippen molar-refractivity contribution in [2.24, 2.45) is 0 Å². The summed E-state index contributed by atoms with van der Waals surface area (Å²) < 4.78 is 37.5. The van der Waals surface area contributed by atoms with E-state index < -0.39 is 15.6 Å². The molecule has 0 bridgehead atoms. The molecular weight excluding hydrogens is 294 g/mol. The molecule has 0 aromatic heterocycles. The first-order chi connectivity index (χ1) is 9.80. The SMILES string of the molecule is COCC(C)(C)NS(=O)(=O)c1ccc(OCCCO)cc1. The Labute approximate surface area is 126 Å². The summed E-state index contributed by atoms with van der Waals surface area (Å²) in [5.74, 6) is 0.568. The summed E-state index contributed by atoms with van der Waals surface area (Å²) in [7, 11) is -2.09. The molecule has 7 heteroatoms. The van der Waals surface area contributed by atoms with Crippen LogP contribution in [0.1, 0.15) is 20.3 Å². The van der Waals surface area contributed by atoms with Gasteiger partial charge < -0.3 is 14.6 Å². The average molecular weight is 317 g/mol. The van der Waals surface area contributed by atoms with Gasteiger partial charge >= 0.3 is 0 Å². The summed E-state index contributed by atoms with van der Waals surface area (Å²) in [6.07, 6.45) is 0.535. The predicted molar refractivity (Wildman–Crippen MR) is 79.9 cm³/mol. The molecule has 0 aliphatic heterocycles. The highest BCUT2D eigenvalue weighted by atomic mass is 32.2. The Balaban J connectivity index is 2.75. The first-order valence-corrected chi connectivity index (χ1v) is 8.16. The van der Waals surface area contributed by atoms with Crippen molar-refractivity contribution in [2.45, 2.75) is 30.7 Å². The van der Waals surface area contributed by atoms with E-state index in [0.717, 1.165) is 0 Å². The van der Waals surface area contributed by atoms with Crippen molar-refractivity contribution in [1.29, 1.82) is 0 Å². The lowest BCUT2D eigenvalue weighted by atomic mass is 10.1. The van der Waals surface area contributed by atoms with Crippen molar-refractivity contribution in [3.8, 4) is 5.75 Å². The number of rotatable bonds is 9. The number of methoxy groups -OCH3 is 1. The molecule has 2 N–H and O–H groups in total. The van der Waals surface area contributed by atoms with Crippen LogP contribution < -0.4 is 9.46 Å². The second kappa shape index (κ2) is 7.74. The van der Waals surface area contributed by atoms with Gasteiger partial charge in [0, 0.05) is 20.1 Å². The normalized spacial score (nSPS) is 12.4. The summed E-state index contributed by atoms with van der Waals surface area (Å²) in [6.45, 7) is 4.22. The molecule has 0 fully saturated rings. The Morgan fingerprint density at radius 3 is 2.38 bits per heavy atom. The van der Waals surface area contributed by atoms with E-state index in [2.05, 4.69) is 4.72 Å². The van der Waals surface area contributed by atoms with Gasteiger partial charge in [-0.25, -0.2) is 13.1 Å². The van der Waals surface area contributed by atoms with Gasteiger partial charge in [0.15, 0.2) is 0 Å². The average Bonchev–Trinajstić information content (AvgIpc) is 2.38. The lowest BCUT2D eigenvalue weighted by Gasteiger charge is -2.24. The molecular formula is C14H23NO5S. The van der Waals surface area contributed by atoms with Crippen LogP contribution in [-0.4, -0.2) is 46.0 Å². The zero-order valence-electron chi connectivity index (χ0n) is 12.6. The molecule has 1 aromatic carbocycles. The number of hydrogen-bond donors (Lipinski definition) is 2. The molecule has 120 valence electrons. The van der Waals surface area contributed by atoms with Gasteiger partial charge in [-0.1, -0.05) is 0 Å². The van der Waals surface area contributed by atoms with Crippen LogP contribution in [0, 0.1) is 0 Å². The molecule has 1 rings (SSSR count). The molecule has 0 saturated heterocycles. The molecule has 0 spiro atoms. The Hall–Kier alpha value is -1.15. The predicted octanol–water partition coefficient (Wildman–Crippen LogP) is 1.15. The van der Waals surface area contributed by atoms with E-state index in [1.54, 1.807) is 26.0 Å². The zero-order chi connectivity index (χ0) is 15.9. The zero-order valence-corrected chi connectivity index (χ0v) is 13.4. The minimum Gasteiger partial charge on any atom is -0.494 e. The third kappa shape index (κ3) is 6.01. The van der Waals surface area contributed by atoms with Crippen molar-refractivity contribution >= 4 is 10.0 Å². The van der Waals surface area contributed by atoms with Gasteiger partial charge in [0.1, 0.15) is 5.75 Å². The highest BCUT2D eigenvalue weighted by Crippen LogP contribution is 2.18. The van der Waals surface area contributed by atoms with Crippen molar-refractivity contribution in [3.63, 3.8) is 0 Å². The van der Waals surface area contributed by atoms with Gasteiger partial charge in [0.2, 0.25) is 10.0 Å². The number of benzene rings is 1. The Morgan fingerprint density at radius 1 is 1.24 bits per heavy atom. The van der Waals surface area contributed by atoms with Gasteiger partial charge in [0.05, 0.1) is 23.6 Å². The van der Waals surface area contributed by atoms with E-state index in [0.29, 0.717) is 18.8 Å². The fourth-order valence-corrected chi connectivity index (χ4v) is 3.18. The molecule has 0 heterocycles. The molecule has 0 unspecified atom stereocenters. The summed E-state index contributed by atoms with van der Waals surface area (Å²) in [5, 5.41) is 8.67. The highest BCUT2D eigenvalue weighted by Gasteiger charge is 2.26. The number of ether oxygens (including phenoxy) is 2. The van der Waals surface area contributed by atoms with Crippen LogP contribution in [0.25, 0.3) is 0 Å². The first kappa shape index (κ1) is 17.9. The molecule has 0 amide bonds. The summed E-state index contributed by atoms with van der Waals surface area (Å²) in [6, 6.07) is 6.16.